The van der Waals surface area contributed by atoms with E-state index in [9.17, 15) is 12.8 Å². The monoisotopic (exact) mass is 279 g/mol. The van der Waals surface area contributed by atoms with E-state index in [0.717, 1.165) is 0 Å². The molecule has 1 aromatic rings. The first-order valence-electron chi connectivity index (χ1n) is 5.24. The van der Waals surface area contributed by atoms with Gasteiger partial charge in [0, 0.05) is 6.54 Å². The van der Waals surface area contributed by atoms with Crippen LogP contribution >= 0.6 is 11.6 Å². The molecular weight excluding hydrogens is 265 g/mol. The number of hydrogen-bond acceptors (Lipinski definition) is 3. The maximum atomic E-state index is 13.4. The molecule has 0 atom stereocenters. The summed E-state index contributed by atoms with van der Waals surface area (Å²) in [7, 11) is -3.11. The van der Waals surface area contributed by atoms with E-state index in [0.29, 0.717) is 0 Å². The normalized spacial score (nSPS) is 11.8. The van der Waals surface area contributed by atoms with Gasteiger partial charge in [-0.3, -0.25) is 0 Å². The van der Waals surface area contributed by atoms with Gasteiger partial charge in [-0.25, -0.2) is 12.8 Å². The molecular formula is C11H15ClFNO2S. The lowest BCUT2D eigenvalue weighted by Gasteiger charge is -2.10. The van der Waals surface area contributed by atoms with Crippen LogP contribution in [0.4, 0.5) is 10.1 Å². The standard InChI is InChI=1S/C11H15ClFNO2S/c1-8(2)17(15,16)7-6-14-10-5-3-4-9(12)11(10)13/h3-5,8,14H,6-7H2,1-2H3. The fourth-order valence-corrected chi connectivity index (χ4v) is 2.24. The molecule has 0 spiro atoms. The molecule has 1 rings (SSSR count). The van der Waals surface area contributed by atoms with Crippen molar-refractivity contribution in [3.63, 3.8) is 0 Å². The minimum absolute atomic E-state index is 0.0155. The highest BCUT2D eigenvalue weighted by Crippen LogP contribution is 2.21. The van der Waals surface area contributed by atoms with Crippen LogP contribution in [0, 0.1) is 5.82 Å². The highest BCUT2D eigenvalue weighted by Gasteiger charge is 2.15. The van der Waals surface area contributed by atoms with Crippen molar-refractivity contribution in [3.05, 3.63) is 29.0 Å². The highest BCUT2D eigenvalue weighted by atomic mass is 35.5. The summed E-state index contributed by atoms with van der Waals surface area (Å²) in [4.78, 5) is 0. The predicted molar refractivity (Wildman–Crippen MR) is 68.8 cm³/mol. The molecule has 17 heavy (non-hydrogen) atoms. The van der Waals surface area contributed by atoms with Gasteiger partial charge in [0.2, 0.25) is 0 Å². The fraction of sp³-hybridized carbons (Fsp3) is 0.455. The molecule has 0 aliphatic rings. The lowest BCUT2D eigenvalue weighted by atomic mass is 10.3. The average Bonchev–Trinajstić information content (AvgIpc) is 2.24. The van der Waals surface area contributed by atoms with Crippen LogP contribution in [0.2, 0.25) is 5.02 Å². The molecule has 0 aliphatic carbocycles. The third-order valence-electron chi connectivity index (χ3n) is 2.37. The fourth-order valence-electron chi connectivity index (χ4n) is 1.20. The number of hydrogen-bond donors (Lipinski definition) is 1. The van der Waals surface area contributed by atoms with Gasteiger partial charge in [0.05, 0.1) is 21.7 Å². The van der Waals surface area contributed by atoms with Gasteiger partial charge in [0.25, 0.3) is 0 Å². The number of halogens is 2. The zero-order chi connectivity index (χ0) is 13.1. The Morgan fingerprint density at radius 2 is 2.06 bits per heavy atom. The molecule has 0 fully saturated rings. The molecule has 96 valence electrons. The van der Waals surface area contributed by atoms with Gasteiger partial charge in [0.1, 0.15) is 0 Å². The Hall–Kier alpha value is -0.810. The molecule has 0 heterocycles. The Balaban J connectivity index is 2.61. The van der Waals surface area contributed by atoms with Crippen molar-refractivity contribution >= 4 is 27.1 Å². The second-order valence-corrected chi connectivity index (χ2v) is 7.03. The zero-order valence-electron chi connectivity index (χ0n) is 9.70. The minimum Gasteiger partial charge on any atom is -0.382 e. The summed E-state index contributed by atoms with van der Waals surface area (Å²) in [6.07, 6.45) is 0. The third-order valence-corrected chi connectivity index (χ3v) is 4.87. The van der Waals surface area contributed by atoms with Gasteiger partial charge in [-0.1, -0.05) is 17.7 Å². The van der Waals surface area contributed by atoms with E-state index in [4.69, 9.17) is 11.6 Å². The Morgan fingerprint density at radius 3 is 2.65 bits per heavy atom. The molecule has 0 bridgehead atoms. The van der Waals surface area contributed by atoms with Gasteiger partial charge < -0.3 is 5.32 Å². The van der Waals surface area contributed by atoms with Crippen molar-refractivity contribution in [2.75, 3.05) is 17.6 Å². The molecule has 0 aliphatic heterocycles. The van der Waals surface area contributed by atoms with Crippen molar-refractivity contribution < 1.29 is 12.8 Å². The van der Waals surface area contributed by atoms with Gasteiger partial charge in [0.15, 0.2) is 15.7 Å². The third kappa shape index (κ3) is 3.85. The van der Waals surface area contributed by atoms with Gasteiger partial charge >= 0.3 is 0 Å². The van der Waals surface area contributed by atoms with Crippen molar-refractivity contribution in [3.8, 4) is 0 Å². The molecule has 6 heteroatoms. The van der Waals surface area contributed by atoms with Crippen molar-refractivity contribution in [1.29, 1.82) is 0 Å². The summed E-state index contributed by atoms with van der Waals surface area (Å²) < 4.78 is 36.5. The van der Waals surface area contributed by atoms with E-state index in [1.54, 1.807) is 19.9 Å². The Labute approximate surface area is 106 Å². The maximum Gasteiger partial charge on any atom is 0.164 e. The minimum atomic E-state index is -3.11. The van der Waals surface area contributed by atoms with Crippen LogP contribution in [0.25, 0.3) is 0 Å². The predicted octanol–water partition coefficient (Wildman–Crippen LogP) is 2.71. The Morgan fingerprint density at radius 1 is 1.41 bits per heavy atom. The number of benzene rings is 1. The Bertz CT molecular complexity index is 488. The summed E-state index contributed by atoms with van der Waals surface area (Å²) in [5.74, 6) is -0.590. The molecule has 0 aromatic heterocycles. The average molecular weight is 280 g/mol. The number of anilines is 1. The first-order chi connectivity index (χ1) is 7.84. The summed E-state index contributed by atoms with van der Waals surface area (Å²) in [6.45, 7) is 3.41. The van der Waals surface area contributed by atoms with Crippen molar-refractivity contribution in [2.24, 2.45) is 0 Å². The van der Waals surface area contributed by atoms with E-state index < -0.39 is 20.9 Å². The SMILES string of the molecule is CC(C)S(=O)(=O)CCNc1cccc(Cl)c1F. The molecule has 0 saturated heterocycles. The van der Waals surface area contributed by atoms with E-state index >= 15 is 0 Å². The van der Waals surface area contributed by atoms with Crippen LogP contribution in [-0.4, -0.2) is 26.0 Å². The number of rotatable bonds is 5. The summed E-state index contributed by atoms with van der Waals surface area (Å²) in [5.41, 5.74) is 0.219. The van der Waals surface area contributed by atoms with Crippen LogP contribution in [0.3, 0.4) is 0 Å². The van der Waals surface area contributed by atoms with E-state index in [1.807, 2.05) is 0 Å². The highest BCUT2D eigenvalue weighted by molar-refractivity contribution is 7.92. The molecule has 0 saturated carbocycles. The van der Waals surface area contributed by atoms with Crippen LogP contribution in [0.1, 0.15) is 13.8 Å². The van der Waals surface area contributed by atoms with Gasteiger partial charge in [-0.15, -0.1) is 0 Å². The maximum absolute atomic E-state index is 13.4. The zero-order valence-corrected chi connectivity index (χ0v) is 11.3. The molecule has 0 unspecified atom stereocenters. The van der Waals surface area contributed by atoms with E-state index in [-0.39, 0.29) is 23.0 Å². The topological polar surface area (TPSA) is 46.2 Å². The first-order valence-corrected chi connectivity index (χ1v) is 7.33. The summed E-state index contributed by atoms with van der Waals surface area (Å²) in [5, 5.41) is 2.32. The largest absolute Gasteiger partial charge is 0.382 e. The van der Waals surface area contributed by atoms with Gasteiger partial charge in [-0.05, 0) is 26.0 Å². The smallest absolute Gasteiger partial charge is 0.164 e. The second-order valence-electron chi connectivity index (χ2n) is 3.94. The number of nitrogens with one attached hydrogen (secondary N) is 1. The Kier molecular flexibility index (Phi) is 4.77. The summed E-state index contributed by atoms with van der Waals surface area (Å²) >= 11 is 5.60. The molecule has 0 radical (unpaired) electrons. The van der Waals surface area contributed by atoms with Crippen LogP contribution in [-0.2, 0) is 9.84 Å². The summed E-state index contributed by atoms with van der Waals surface area (Å²) in [6, 6.07) is 4.56. The van der Waals surface area contributed by atoms with Crippen molar-refractivity contribution in [2.45, 2.75) is 19.1 Å². The van der Waals surface area contributed by atoms with Crippen LogP contribution in [0.5, 0.6) is 0 Å². The second kappa shape index (κ2) is 5.69. The van der Waals surface area contributed by atoms with Crippen molar-refractivity contribution in [1.82, 2.24) is 0 Å². The van der Waals surface area contributed by atoms with Crippen LogP contribution < -0.4 is 5.32 Å². The van der Waals surface area contributed by atoms with Crippen LogP contribution in [0.15, 0.2) is 18.2 Å². The van der Waals surface area contributed by atoms with E-state index in [2.05, 4.69) is 5.32 Å². The first kappa shape index (κ1) is 14.3. The lowest BCUT2D eigenvalue weighted by Crippen LogP contribution is -2.23. The van der Waals surface area contributed by atoms with E-state index in [1.165, 1.54) is 12.1 Å². The molecule has 0 amide bonds. The van der Waals surface area contributed by atoms with Gasteiger partial charge in [-0.2, -0.15) is 0 Å². The molecule has 1 N–H and O–H groups in total. The lowest BCUT2D eigenvalue weighted by molar-refractivity contribution is 0.587. The molecule has 3 nitrogen and oxygen atoms in total. The number of sulfone groups is 1. The quantitative estimate of drug-likeness (QED) is 0.901. The molecule has 1 aromatic carbocycles.